The lowest BCUT2D eigenvalue weighted by molar-refractivity contribution is -0.106. The van der Waals surface area contributed by atoms with Crippen LogP contribution in [-0.4, -0.2) is 71.0 Å². The third-order valence-corrected chi connectivity index (χ3v) is 8.95. The summed E-state index contributed by atoms with van der Waals surface area (Å²) in [7, 11) is -4.72. The van der Waals surface area contributed by atoms with E-state index in [-0.39, 0.29) is 34.7 Å². The number of carbonyl (C=O) groups excluding carboxylic acids is 1. The Bertz CT molecular complexity index is 1930. The average Bonchev–Trinajstić information content (AvgIpc) is 2.98. The van der Waals surface area contributed by atoms with E-state index in [0.29, 0.717) is 41.2 Å². The second-order valence-corrected chi connectivity index (χ2v) is 14.7. The number of benzene rings is 2. The first-order valence-corrected chi connectivity index (χ1v) is 17.0. The number of hydrogen-bond donors (Lipinski definition) is 1. The van der Waals surface area contributed by atoms with Crippen LogP contribution in [0.5, 0.6) is 11.6 Å². The Morgan fingerprint density at radius 3 is 2.52 bits per heavy atom. The van der Waals surface area contributed by atoms with E-state index in [9.17, 15) is 30.8 Å². The fraction of sp³-hybridized carbons (Fsp3) is 0.394. The summed E-state index contributed by atoms with van der Waals surface area (Å²) in [4.78, 5) is 27.7. The van der Waals surface area contributed by atoms with Crippen LogP contribution in [0, 0.1) is 12.7 Å². The summed E-state index contributed by atoms with van der Waals surface area (Å²) in [5, 5.41) is 3.69. The van der Waals surface area contributed by atoms with E-state index in [1.54, 1.807) is 42.3 Å². The maximum absolute atomic E-state index is 14.9. The number of carbonyl (C=O) groups is 1. The molecule has 0 saturated carbocycles. The zero-order chi connectivity index (χ0) is 34.9. The molecule has 5 rings (SSSR count). The van der Waals surface area contributed by atoms with Gasteiger partial charge in [0.15, 0.2) is 9.84 Å². The molecule has 1 N–H and O–H groups in total. The first-order valence-electron chi connectivity index (χ1n) is 15.2. The molecule has 0 aliphatic carbocycles. The number of anilines is 1. The van der Waals surface area contributed by atoms with Crippen molar-refractivity contribution in [1.29, 1.82) is 0 Å². The van der Waals surface area contributed by atoms with Crippen LogP contribution in [0.2, 0.25) is 0 Å². The smallest absolute Gasteiger partial charge is 0.410 e. The maximum Gasteiger partial charge on any atom is 0.410 e. The van der Waals surface area contributed by atoms with Crippen LogP contribution in [0.3, 0.4) is 0 Å². The van der Waals surface area contributed by atoms with E-state index in [1.807, 2.05) is 20.8 Å². The van der Waals surface area contributed by atoms with Crippen molar-refractivity contribution in [2.75, 3.05) is 24.2 Å². The third-order valence-electron chi connectivity index (χ3n) is 7.46. The summed E-state index contributed by atoms with van der Waals surface area (Å²) in [5.41, 5.74) is 0.527. The lowest BCUT2D eigenvalue weighted by Gasteiger charge is -2.34. The van der Waals surface area contributed by atoms with Crippen LogP contribution in [-0.2, 0) is 20.3 Å². The van der Waals surface area contributed by atoms with Gasteiger partial charge >= 0.3 is 12.3 Å². The molecule has 48 heavy (non-hydrogen) atoms. The number of rotatable bonds is 8. The first kappa shape index (κ1) is 34.8. The van der Waals surface area contributed by atoms with Gasteiger partial charge in [0.25, 0.3) is 0 Å². The minimum atomic E-state index is -4.96. The fourth-order valence-electron chi connectivity index (χ4n) is 5.44. The lowest BCUT2D eigenvalue weighted by Crippen LogP contribution is -2.47. The van der Waals surface area contributed by atoms with Crippen molar-refractivity contribution in [3.63, 3.8) is 0 Å². The minimum Gasteiger partial charge on any atom is -0.444 e. The molecule has 0 unspecified atom stereocenters. The van der Waals surface area contributed by atoms with Gasteiger partial charge in [-0.3, -0.25) is 0 Å². The minimum absolute atomic E-state index is 0.0975. The van der Waals surface area contributed by atoms with Gasteiger partial charge in [-0.1, -0.05) is 12.1 Å². The number of amides is 1. The van der Waals surface area contributed by atoms with Crippen LogP contribution in [0.15, 0.2) is 54.9 Å². The molecule has 1 saturated heterocycles. The average molecular weight is 690 g/mol. The van der Waals surface area contributed by atoms with Gasteiger partial charge in [0.1, 0.15) is 22.9 Å². The SMILES string of the molecule is Cc1ccc2c(CS(=O)(=O)CC(F)(F)F)c(F)ccc2c1Oc1ncccc1-c1ccnc(N[C@H]2CCCN(C(=O)OC(C)(C)C)C2)n1. The number of fused-ring (bicyclic) bond motifs is 1. The van der Waals surface area contributed by atoms with Crippen LogP contribution >= 0.6 is 0 Å². The molecule has 0 radical (unpaired) electrons. The Morgan fingerprint density at radius 1 is 1.04 bits per heavy atom. The van der Waals surface area contributed by atoms with Crippen molar-refractivity contribution in [3.8, 4) is 22.9 Å². The van der Waals surface area contributed by atoms with E-state index in [4.69, 9.17) is 9.47 Å². The van der Waals surface area contributed by atoms with Gasteiger partial charge in [-0.25, -0.2) is 32.6 Å². The van der Waals surface area contributed by atoms with Gasteiger partial charge in [-0.2, -0.15) is 13.2 Å². The molecule has 10 nitrogen and oxygen atoms in total. The number of likely N-dealkylation sites (tertiary alicyclic amines) is 1. The number of hydrogen-bond acceptors (Lipinski definition) is 9. The number of sulfone groups is 1. The summed E-state index contributed by atoms with van der Waals surface area (Å²) < 4.78 is 90.1. The number of nitrogens with zero attached hydrogens (tertiary/aromatic N) is 4. The zero-order valence-electron chi connectivity index (χ0n) is 26.8. The molecule has 3 heterocycles. The molecular formula is C33H35F4N5O5S. The van der Waals surface area contributed by atoms with Gasteiger partial charge in [-0.15, -0.1) is 0 Å². The largest absolute Gasteiger partial charge is 0.444 e. The van der Waals surface area contributed by atoms with Crippen LogP contribution in [0.4, 0.5) is 28.3 Å². The number of piperidine rings is 1. The number of ether oxygens (including phenoxy) is 2. The van der Waals surface area contributed by atoms with Crippen molar-refractivity contribution >= 4 is 32.7 Å². The van der Waals surface area contributed by atoms with Gasteiger partial charge in [0, 0.05) is 42.5 Å². The van der Waals surface area contributed by atoms with Crippen LogP contribution < -0.4 is 10.1 Å². The first-order chi connectivity index (χ1) is 22.5. The molecule has 15 heteroatoms. The Kier molecular flexibility index (Phi) is 9.81. The summed E-state index contributed by atoms with van der Waals surface area (Å²) in [6, 6.07) is 10.4. The molecule has 2 aromatic carbocycles. The van der Waals surface area contributed by atoms with E-state index in [0.717, 1.165) is 18.9 Å². The van der Waals surface area contributed by atoms with Crippen LogP contribution in [0.25, 0.3) is 22.0 Å². The highest BCUT2D eigenvalue weighted by Crippen LogP contribution is 2.39. The number of aryl methyl sites for hydroxylation is 1. The number of pyridine rings is 1. The predicted octanol–water partition coefficient (Wildman–Crippen LogP) is 7.22. The Balaban J connectivity index is 1.42. The molecule has 1 amide bonds. The molecule has 256 valence electrons. The normalized spacial score (nSPS) is 15.8. The highest BCUT2D eigenvalue weighted by Gasteiger charge is 2.36. The number of halogens is 4. The third kappa shape index (κ3) is 8.68. The molecule has 4 aromatic rings. The van der Waals surface area contributed by atoms with Crippen molar-refractivity contribution in [2.45, 2.75) is 64.1 Å². The molecule has 1 atom stereocenters. The van der Waals surface area contributed by atoms with Crippen molar-refractivity contribution in [1.82, 2.24) is 19.9 Å². The fourth-order valence-corrected chi connectivity index (χ4v) is 6.77. The van der Waals surface area contributed by atoms with E-state index < -0.39 is 38.9 Å². The van der Waals surface area contributed by atoms with Crippen LogP contribution in [0.1, 0.15) is 44.7 Å². The maximum atomic E-state index is 14.9. The molecular weight excluding hydrogens is 654 g/mol. The van der Waals surface area contributed by atoms with Gasteiger partial charge in [0.2, 0.25) is 11.8 Å². The van der Waals surface area contributed by atoms with Gasteiger partial charge < -0.3 is 19.7 Å². The Morgan fingerprint density at radius 2 is 1.79 bits per heavy atom. The number of alkyl halides is 3. The van der Waals surface area contributed by atoms with Gasteiger partial charge in [-0.05, 0) is 81.8 Å². The molecule has 0 spiro atoms. The molecule has 1 aliphatic rings. The van der Waals surface area contributed by atoms with Crippen molar-refractivity contribution in [3.05, 3.63) is 71.8 Å². The second-order valence-electron chi connectivity index (χ2n) is 12.6. The molecule has 1 fully saturated rings. The number of nitrogens with one attached hydrogen (secondary N) is 1. The highest BCUT2D eigenvalue weighted by molar-refractivity contribution is 7.90. The Labute approximate surface area is 275 Å². The summed E-state index contributed by atoms with van der Waals surface area (Å²) >= 11 is 0. The molecule has 0 bridgehead atoms. The quantitative estimate of drug-likeness (QED) is 0.191. The topological polar surface area (TPSA) is 124 Å². The van der Waals surface area contributed by atoms with Crippen molar-refractivity contribution in [2.24, 2.45) is 0 Å². The highest BCUT2D eigenvalue weighted by atomic mass is 32.2. The summed E-state index contributed by atoms with van der Waals surface area (Å²) in [5.74, 6) is -3.49. The second kappa shape index (κ2) is 13.5. The van der Waals surface area contributed by atoms with E-state index in [1.165, 1.54) is 18.3 Å². The lowest BCUT2D eigenvalue weighted by atomic mass is 10.0. The zero-order valence-corrected chi connectivity index (χ0v) is 27.6. The van der Waals surface area contributed by atoms with E-state index >= 15 is 0 Å². The van der Waals surface area contributed by atoms with Crippen molar-refractivity contribution < 1.29 is 40.2 Å². The summed E-state index contributed by atoms with van der Waals surface area (Å²) in [6.45, 7) is 8.15. The van der Waals surface area contributed by atoms with Gasteiger partial charge in [0.05, 0.1) is 17.0 Å². The number of aromatic nitrogens is 3. The molecule has 2 aromatic heterocycles. The predicted molar refractivity (Wildman–Crippen MR) is 172 cm³/mol. The monoisotopic (exact) mass is 689 g/mol. The Hall–Kier alpha value is -4.53. The molecule has 1 aliphatic heterocycles. The summed E-state index contributed by atoms with van der Waals surface area (Å²) in [6.07, 6.45) is -0.733. The van der Waals surface area contributed by atoms with E-state index in [2.05, 4.69) is 20.3 Å². The standard InChI is InChI=1S/C33H35F4N5O5S/c1-20-9-10-22-23(11-12-26(34)25(22)18-48(44,45)19-33(35,36)37)28(20)46-29-24(8-5-14-38-29)27-13-15-39-30(41-27)40-21-7-6-16-42(17-21)31(43)47-32(2,3)4/h5,8-15,21H,6-7,16-19H2,1-4H3,(H,39,40,41)/t21-/m0/s1.